The van der Waals surface area contributed by atoms with Crippen molar-refractivity contribution in [1.29, 1.82) is 0 Å². The number of hydrazone groups is 1. The second-order valence-corrected chi connectivity index (χ2v) is 2.76. The molecule has 0 radical (unpaired) electrons. The fraction of sp³-hybridized carbons (Fsp3) is 0.667. The van der Waals surface area contributed by atoms with Crippen LogP contribution < -0.4 is 11.2 Å². The van der Waals surface area contributed by atoms with E-state index in [1.54, 1.807) is 0 Å². The summed E-state index contributed by atoms with van der Waals surface area (Å²) in [5, 5.41) is 3.85. The fourth-order valence-corrected chi connectivity index (χ4v) is 1.12. The molecule has 0 spiro atoms. The monoisotopic (exact) mass is 139 g/mol. The molecule has 0 bridgehead atoms. The Morgan fingerprint density at radius 1 is 1.60 bits per heavy atom. The minimum Gasteiger partial charge on any atom is -0.315 e. The Bertz CT molecular complexity index is 207. The third-order valence-electron chi connectivity index (χ3n) is 1.89. The first-order valence-corrected chi connectivity index (χ1v) is 3.42. The SMILES string of the molecule is NC1C(=O)NN=C1C1CC1. The molecule has 1 atom stereocenters. The summed E-state index contributed by atoms with van der Waals surface area (Å²) >= 11 is 0. The normalized spacial score (nSPS) is 31.9. The van der Waals surface area contributed by atoms with E-state index in [1.807, 2.05) is 0 Å². The molecular formula is C6H9N3O. The van der Waals surface area contributed by atoms with Crippen LogP contribution in [-0.2, 0) is 4.79 Å². The van der Waals surface area contributed by atoms with E-state index in [2.05, 4.69) is 10.5 Å². The summed E-state index contributed by atoms with van der Waals surface area (Å²) in [6, 6.07) is -0.465. The maximum Gasteiger partial charge on any atom is 0.262 e. The van der Waals surface area contributed by atoms with Gasteiger partial charge in [-0.25, -0.2) is 5.43 Å². The summed E-state index contributed by atoms with van der Waals surface area (Å²) < 4.78 is 0. The van der Waals surface area contributed by atoms with Crippen LogP contribution in [-0.4, -0.2) is 17.7 Å². The lowest BCUT2D eigenvalue weighted by Gasteiger charge is -1.99. The van der Waals surface area contributed by atoms with Gasteiger partial charge in [0.1, 0.15) is 6.04 Å². The van der Waals surface area contributed by atoms with Gasteiger partial charge >= 0.3 is 0 Å². The maximum atomic E-state index is 10.8. The van der Waals surface area contributed by atoms with E-state index in [1.165, 1.54) is 0 Å². The molecule has 1 fully saturated rings. The summed E-state index contributed by atoms with van der Waals surface area (Å²) in [5.74, 6) is 0.329. The van der Waals surface area contributed by atoms with Gasteiger partial charge in [-0.1, -0.05) is 0 Å². The molecular weight excluding hydrogens is 130 g/mol. The number of rotatable bonds is 1. The van der Waals surface area contributed by atoms with Crippen molar-refractivity contribution >= 4 is 11.6 Å². The molecule has 2 aliphatic rings. The number of nitrogens with one attached hydrogen (secondary N) is 1. The van der Waals surface area contributed by atoms with Crippen LogP contribution in [0.2, 0.25) is 0 Å². The van der Waals surface area contributed by atoms with Gasteiger partial charge in [-0.05, 0) is 12.8 Å². The van der Waals surface area contributed by atoms with Gasteiger partial charge < -0.3 is 5.73 Å². The molecule has 0 saturated heterocycles. The van der Waals surface area contributed by atoms with Crippen molar-refractivity contribution in [3.8, 4) is 0 Å². The third-order valence-corrected chi connectivity index (χ3v) is 1.89. The minimum atomic E-state index is -0.465. The summed E-state index contributed by atoms with van der Waals surface area (Å²) in [6.45, 7) is 0. The summed E-state index contributed by atoms with van der Waals surface area (Å²) in [6.07, 6.45) is 2.28. The predicted molar refractivity (Wildman–Crippen MR) is 36.3 cm³/mol. The van der Waals surface area contributed by atoms with Crippen LogP contribution in [0.4, 0.5) is 0 Å². The lowest BCUT2D eigenvalue weighted by molar-refractivity contribution is -0.120. The van der Waals surface area contributed by atoms with Crippen molar-refractivity contribution < 1.29 is 4.79 Å². The van der Waals surface area contributed by atoms with Crippen molar-refractivity contribution in [2.75, 3.05) is 0 Å². The van der Waals surface area contributed by atoms with Gasteiger partial charge in [0, 0.05) is 5.92 Å². The third kappa shape index (κ3) is 0.724. The van der Waals surface area contributed by atoms with Gasteiger partial charge in [-0.15, -0.1) is 0 Å². The molecule has 4 heteroatoms. The van der Waals surface area contributed by atoms with E-state index in [4.69, 9.17) is 5.73 Å². The van der Waals surface area contributed by atoms with Crippen LogP contribution in [0.15, 0.2) is 5.10 Å². The summed E-state index contributed by atoms with van der Waals surface area (Å²) in [5.41, 5.74) is 8.74. The molecule has 1 saturated carbocycles. The first-order chi connectivity index (χ1) is 4.79. The van der Waals surface area contributed by atoms with Crippen molar-refractivity contribution in [3.63, 3.8) is 0 Å². The number of amides is 1. The Balaban J connectivity index is 2.14. The molecule has 0 aromatic heterocycles. The molecule has 10 heavy (non-hydrogen) atoms. The van der Waals surface area contributed by atoms with Gasteiger partial charge in [-0.3, -0.25) is 4.79 Å². The van der Waals surface area contributed by atoms with E-state index >= 15 is 0 Å². The van der Waals surface area contributed by atoms with Crippen LogP contribution in [0.1, 0.15) is 12.8 Å². The molecule has 54 valence electrons. The van der Waals surface area contributed by atoms with Crippen molar-refractivity contribution in [1.82, 2.24) is 5.43 Å². The first-order valence-electron chi connectivity index (χ1n) is 3.42. The molecule has 2 rings (SSSR count). The lowest BCUT2D eigenvalue weighted by atomic mass is 10.1. The number of hydrogen-bond acceptors (Lipinski definition) is 3. The lowest BCUT2D eigenvalue weighted by Crippen LogP contribution is -2.37. The maximum absolute atomic E-state index is 10.8. The Morgan fingerprint density at radius 3 is 2.70 bits per heavy atom. The standard InChI is InChI=1S/C6H9N3O/c7-4-5(3-1-2-3)8-9-6(4)10/h3-4H,1-2,7H2,(H,9,10). The van der Waals surface area contributed by atoms with Crippen LogP contribution in [0.3, 0.4) is 0 Å². The molecule has 1 amide bonds. The van der Waals surface area contributed by atoms with Gasteiger partial charge in [0.25, 0.3) is 5.91 Å². The Labute approximate surface area is 58.5 Å². The molecule has 1 aliphatic carbocycles. The van der Waals surface area contributed by atoms with Crippen LogP contribution in [0, 0.1) is 5.92 Å². The van der Waals surface area contributed by atoms with Crippen molar-refractivity contribution in [3.05, 3.63) is 0 Å². The highest BCUT2D eigenvalue weighted by Gasteiger charge is 2.37. The smallest absolute Gasteiger partial charge is 0.262 e. The number of carbonyl (C=O) groups excluding carboxylic acids is 1. The second-order valence-electron chi connectivity index (χ2n) is 2.76. The second kappa shape index (κ2) is 1.79. The van der Waals surface area contributed by atoms with Crippen molar-refractivity contribution in [2.45, 2.75) is 18.9 Å². The van der Waals surface area contributed by atoms with Gasteiger partial charge in [0.05, 0.1) is 5.71 Å². The van der Waals surface area contributed by atoms with E-state index in [9.17, 15) is 4.79 Å². The topological polar surface area (TPSA) is 67.5 Å². The summed E-state index contributed by atoms with van der Waals surface area (Å²) in [7, 11) is 0. The fourth-order valence-electron chi connectivity index (χ4n) is 1.12. The van der Waals surface area contributed by atoms with Gasteiger partial charge in [0.2, 0.25) is 0 Å². The summed E-state index contributed by atoms with van der Waals surface area (Å²) in [4.78, 5) is 10.8. The molecule has 1 unspecified atom stereocenters. The minimum absolute atomic E-state index is 0.165. The quantitative estimate of drug-likeness (QED) is 0.500. The van der Waals surface area contributed by atoms with E-state index < -0.39 is 6.04 Å². The average Bonchev–Trinajstić information content (AvgIpc) is 2.67. The highest BCUT2D eigenvalue weighted by atomic mass is 16.2. The zero-order chi connectivity index (χ0) is 7.14. The molecule has 1 aliphatic heterocycles. The van der Waals surface area contributed by atoms with Crippen molar-refractivity contribution in [2.24, 2.45) is 16.8 Å². The highest BCUT2D eigenvalue weighted by Crippen LogP contribution is 2.32. The van der Waals surface area contributed by atoms with Crippen LogP contribution in [0.25, 0.3) is 0 Å². The van der Waals surface area contributed by atoms with Crippen LogP contribution >= 0.6 is 0 Å². The van der Waals surface area contributed by atoms with Gasteiger partial charge in [0.15, 0.2) is 0 Å². The Kier molecular flexibility index (Phi) is 1.05. The van der Waals surface area contributed by atoms with E-state index in [-0.39, 0.29) is 5.91 Å². The number of carbonyl (C=O) groups is 1. The molecule has 0 aromatic rings. The number of nitrogens with zero attached hydrogens (tertiary/aromatic N) is 1. The molecule has 4 nitrogen and oxygen atoms in total. The Hall–Kier alpha value is -0.900. The first kappa shape index (κ1) is 5.85. The highest BCUT2D eigenvalue weighted by molar-refractivity contribution is 6.13. The average molecular weight is 139 g/mol. The van der Waals surface area contributed by atoms with E-state index in [0.29, 0.717) is 5.92 Å². The van der Waals surface area contributed by atoms with Crippen LogP contribution in [0.5, 0.6) is 0 Å². The van der Waals surface area contributed by atoms with E-state index in [0.717, 1.165) is 18.6 Å². The zero-order valence-electron chi connectivity index (χ0n) is 5.50. The largest absolute Gasteiger partial charge is 0.315 e. The molecule has 1 heterocycles. The Morgan fingerprint density at radius 2 is 2.30 bits per heavy atom. The zero-order valence-corrected chi connectivity index (χ0v) is 5.50. The molecule has 3 N–H and O–H groups in total. The number of nitrogens with two attached hydrogens (primary N) is 1. The number of hydrogen-bond donors (Lipinski definition) is 2. The molecule has 0 aromatic carbocycles. The van der Waals surface area contributed by atoms with Gasteiger partial charge in [-0.2, -0.15) is 5.10 Å². The predicted octanol–water partition coefficient (Wildman–Crippen LogP) is -0.791.